The van der Waals surface area contributed by atoms with Gasteiger partial charge in [-0.25, -0.2) is 0 Å². The van der Waals surface area contributed by atoms with Crippen LogP contribution in [0.3, 0.4) is 0 Å². The molecule has 0 aliphatic heterocycles. The molecule has 0 aromatic heterocycles. The maximum Gasteiger partial charge on any atom is 0.129 e. The lowest BCUT2D eigenvalue weighted by Gasteiger charge is -2.42. The van der Waals surface area contributed by atoms with Crippen molar-refractivity contribution in [1.82, 2.24) is 0 Å². The van der Waals surface area contributed by atoms with Crippen molar-refractivity contribution in [2.75, 3.05) is 65.6 Å². The first-order chi connectivity index (χ1) is 20.5. The first kappa shape index (κ1) is 35.1. The van der Waals surface area contributed by atoms with Gasteiger partial charge in [-0.1, -0.05) is 72.8 Å². The number of benzene rings is 4. The van der Waals surface area contributed by atoms with Gasteiger partial charge in [0.2, 0.25) is 0 Å². The van der Waals surface area contributed by atoms with E-state index in [9.17, 15) is 0 Å². The van der Waals surface area contributed by atoms with Gasteiger partial charge in [0.05, 0.1) is 51.6 Å². The topological polar surface area (TPSA) is 18.5 Å². The molecule has 44 heavy (non-hydrogen) atoms. The summed E-state index contributed by atoms with van der Waals surface area (Å²) in [6.07, 6.45) is 2.38. The molecule has 0 spiro atoms. The van der Waals surface area contributed by atoms with E-state index < -0.39 is 0 Å². The lowest BCUT2D eigenvalue weighted by Crippen LogP contribution is -3.00. The fraction of sp³-hybridized carbons (Fsp3) is 0.474. The molecular weight excluding hydrogens is 676 g/mol. The smallest absolute Gasteiger partial charge is 0.129 e. The van der Waals surface area contributed by atoms with E-state index in [1.807, 2.05) is 0 Å². The molecule has 4 nitrogen and oxygen atoms in total. The van der Waals surface area contributed by atoms with Crippen molar-refractivity contribution in [2.45, 2.75) is 52.7 Å². The summed E-state index contributed by atoms with van der Waals surface area (Å²) >= 11 is 0. The van der Waals surface area contributed by atoms with Crippen molar-refractivity contribution >= 4 is 21.5 Å². The molecule has 4 aromatic carbocycles. The molecule has 0 saturated heterocycles. The fourth-order valence-electron chi connectivity index (χ4n) is 7.83. The molecule has 0 saturated carbocycles. The molecule has 0 N–H and O–H groups in total. The predicted molar refractivity (Wildman–Crippen MR) is 175 cm³/mol. The summed E-state index contributed by atoms with van der Waals surface area (Å²) in [6.45, 7) is 20.2. The zero-order valence-corrected chi connectivity index (χ0v) is 30.2. The van der Waals surface area contributed by atoms with Gasteiger partial charge in [0.1, 0.15) is 26.2 Å². The first-order valence-electron chi connectivity index (χ1n) is 16.5. The van der Waals surface area contributed by atoms with Crippen LogP contribution < -0.4 is 34.0 Å². The molecule has 2 aliphatic rings. The molecule has 0 fully saturated rings. The van der Waals surface area contributed by atoms with Gasteiger partial charge >= 0.3 is 0 Å². The minimum atomic E-state index is 0. The second-order valence-corrected chi connectivity index (χ2v) is 12.7. The van der Waals surface area contributed by atoms with Gasteiger partial charge in [-0.15, -0.1) is 0 Å². The van der Waals surface area contributed by atoms with Crippen LogP contribution >= 0.6 is 0 Å². The SMILES string of the molecule is CC[N+](CC)(CCOC1Cc2cccc3cccc1c23)CC[N+](CC)(CC)CCOC1Cc2cccc3cccc1c23.[Br-].[Br-]. The van der Waals surface area contributed by atoms with E-state index in [4.69, 9.17) is 9.47 Å². The summed E-state index contributed by atoms with van der Waals surface area (Å²) in [5, 5.41) is 5.53. The van der Waals surface area contributed by atoms with Crippen molar-refractivity contribution in [2.24, 2.45) is 0 Å². The van der Waals surface area contributed by atoms with Crippen LogP contribution in [0.2, 0.25) is 0 Å². The standard InChI is InChI=1S/C38H50N2O2.2BrH/c1-5-39(6-2,23-25-41-35-27-31-17-9-13-29-15-11-19-33(35)37(29)31)21-22-40(7-3,8-4)24-26-42-36-28-32-18-10-14-30-16-12-20-34(36)38(30)32;;/h9-20,35-36H,5-8,21-28H2,1-4H3;2*1H/q+2;;/p-2. The summed E-state index contributed by atoms with van der Waals surface area (Å²) in [6, 6.07) is 26.7. The van der Waals surface area contributed by atoms with Gasteiger partial charge in [0, 0.05) is 12.8 Å². The van der Waals surface area contributed by atoms with Crippen LogP contribution in [-0.2, 0) is 22.3 Å². The zero-order valence-electron chi connectivity index (χ0n) is 27.0. The molecule has 0 amide bonds. The molecule has 0 heterocycles. The van der Waals surface area contributed by atoms with E-state index in [0.717, 1.165) is 74.3 Å². The minimum Gasteiger partial charge on any atom is -1.00 e. The van der Waals surface area contributed by atoms with Crippen LogP contribution in [-0.4, -0.2) is 74.5 Å². The summed E-state index contributed by atoms with van der Waals surface area (Å²) in [5.74, 6) is 0. The molecule has 6 rings (SSSR count). The highest BCUT2D eigenvalue weighted by molar-refractivity contribution is 5.92. The lowest BCUT2D eigenvalue weighted by atomic mass is 10.1. The molecule has 2 unspecified atom stereocenters. The number of hydrogen-bond donors (Lipinski definition) is 0. The Morgan fingerprint density at radius 2 is 0.886 bits per heavy atom. The van der Waals surface area contributed by atoms with Crippen LogP contribution in [0.4, 0.5) is 0 Å². The average molecular weight is 727 g/mol. The van der Waals surface area contributed by atoms with Gasteiger partial charge in [0.15, 0.2) is 0 Å². The molecule has 2 aliphatic carbocycles. The van der Waals surface area contributed by atoms with Gasteiger partial charge < -0.3 is 52.4 Å². The van der Waals surface area contributed by atoms with Crippen LogP contribution in [0.5, 0.6) is 0 Å². The third-order valence-electron chi connectivity index (χ3n) is 11.1. The number of hydrogen-bond acceptors (Lipinski definition) is 2. The van der Waals surface area contributed by atoms with E-state index in [0.29, 0.717) is 0 Å². The largest absolute Gasteiger partial charge is 1.00 e. The normalized spacial score (nSPS) is 17.2. The summed E-state index contributed by atoms with van der Waals surface area (Å²) in [7, 11) is 0. The Morgan fingerprint density at radius 1 is 0.523 bits per heavy atom. The number of ether oxygens (including phenoxy) is 2. The minimum absolute atomic E-state index is 0. The second kappa shape index (κ2) is 15.2. The van der Waals surface area contributed by atoms with E-state index in [2.05, 4.69) is 100 Å². The van der Waals surface area contributed by atoms with Gasteiger partial charge in [-0.3, -0.25) is 0 Å². The molecule has 0 bridgehead atoms. The van der Waals surface area contributed by atoms with Crippen molar-refractivity contribution < 1.29 is 52.4 Å². The third-order valence-corrected chi connectivity index (χ3v) is 11.1. The Morgan fingerprint density at radius 3 is 1.25 bits per heavy atom. The summed E-state index contributed by atoms with van der Waals surface area (Å²) in [4.78, 5) is 0. The highest BCUT2D eigenvalue weighted by Crippen LogP contribution is 2.40. The van der Waals surface area contributed by atoms with Crippen LogP contribution in [0.1, 0.15) is 62.2 Å². The molecule has 238 valence electrons. The molecular formula is C38H50Br2N2O2. The number of rotatable bonds is 15. The Hall–Kier alpha value is -1.80. The Balaban J connectivity index is 0.00000221. The maximum absolute atomic E-state index is 6.65. The summed E-state index contributed by atoms with van der Waals surface area (Å²) in [5.41, 5.74) is 5.63. The lowest BCUT2D eigenvalue weighted by molar-refractivity contribution is -0.978. The molecule has 4 aromatic rings. The molecule has 6 heteroatoms. The highest BCUT2D eigenvalue weighted by atomic mass is 79.9. The van der Waals surface area contributed by atoms with Crippen LogP contribution in [0, 0.1) is 0 Å². The zero-order chi connectivity index (χ0) is 29.2. The van der Waals surface area contributed by atoms with Crippen molar-refractivity contribution in [1.29, 1.82) is 0 Å². The van der Waals surface area contributed by atoms with E-state index >= 15 is 0 Å². The van der Waals surface area contributed by atoms with Crippen LogP contribution in [0.25, 0.3) is 21.5 Å². The van der Waals surface area contributed by atoms with Gasteiger partial charge in [-0.05, 0) is 71.5 Å². The monoisotopic (exact) mass is 724 g/mol. The quantitative estimate of drug-likeness (QED) is 0.174. The van der Waals surface area contributed by atoms with Gasteiger partial charge in [0.25, 0.3) is 0 Å². The predicted octanol–water partition coefficient (Wildman–Crippen LogP) is 1.64. The van der Waals surface area contributed by atoms with Crippen molar-refractivity contribution in [3.8, 4) is 0 Å². The Bertz CT molecular complexity index is 1410. The Labute approximate surface area is 286 Å². The van der Waals surface area contributed by atoms with E-state index in [-0.39, 0.29) is 46.2 Å². The third kappa shape index (κ3) is 6.82. The fourth-order valence-corrected chi connectivity index (χ4v) is 7.83. The number of halogens is 2. The average Bonchev–Trinajstić information content (AvgIpc) is 3.58. The molecule has 2 atom stereocenters. The van der Waals surface area contributed by atoms with E-state index in [1.165, 1.54) is 56.9 Å². The van der Waals surface area contributed by atoms with Crippen molar-refractivity contribution in [3.05, 3.63) is 95.1 Å². The number of quaternary nitrogens is 2. The maximum atomic E-state index is 6.65. The van der Waals surface area contributed by atoms with E-state index in [1.54, 1.807) is 0 Å². The summed E-state index contributed by atoms with van der Waals surface area (Å²) < 4.78 is 15.5. The molecule has 0 radical (unpaired) electrons. The number of likely N-dealkylation sites (N-methyl/N-ethyl adjacent to an activating group) is 2. The first-order valence-corrected chi connectivity index (χ1v) is 16.5. The Kier molecular flexibility index (Phi) is 12.1. The van der Waals surface area contributed by atoms with Crippen LogP contribution in [0.15, 0.2) is 72.8 Å². The highest BCUT2D eigenvalue weighted by Gasteiger charge is 2.33. The number of nitrogens with zero attached hydrogens (tertiary/aromatic N) is 2. The van der Waals surface area contributed by atoms with Crippen molar-refractivity contribution in [3.63, 3.8) is 0 Å². The van der Waals surface area contributed by atoms with Gasteiger partial charge in [-0.2, -0.15) is 0 Å². The second-order valence-electron chi connectivity index (χ2n) is 12.7.